The van der Waals surface area contributed by atoms with Gasteiger partial charge in [-0.1, -0.05) is 18.2 Å². The van der Waals surface area contributed by atoms with Gasteiger partial charge < -0.3 is 9.32 Å². The molecule has 0 amide bonds. The number of aryl methyl sites for hydroxylation is 1. The number of aromatic nitrogens is 1. The first-order valence-electron chi connectivity index (χ1n) is 6.48. The first-order valence-corrected chi connectivity index (χ1v) is 6.48. The molecule has 0 N–H and O–H groups in total. The molecule has 1 heterocycles. The van der Waals surface area contributed by atoms with E-state index in [4.69, 9.17) is 4.42 Å². The van der Waals surface area contributed by atoms with E-state index in [1.807, 2.05) is 67.7 Å². The lowest BCUT2D eigenvalue weighted by molar-refractivity contribution is 0.458. The lowest BCUT2D eigenvalue weighted by atomic mass is 10.3. The van der Waals surface area contributed by atoms with Crippen LogP contribution in [0.2, 0.25) is 0 Å². The predicted molar refractivity (Wildman–Crippen MR) is 80.9 cm³/mol. The van der Waals surface area contributed by atoms with Crippen LogP contribution in [0, 0.1) is 13.8 Å². The molecule has 0 aliphatic carbocycles. The third-order valence-electron chi connectivity index (χ3n) is 3.38. The molecule has 5 heteroatoms. The number of anilines is 1. The Morgan fingerprint density at radius 3 is 2.35 bits per heavy atom. The molecule has 0 aliphatic rings. The highest BCUT2D eigenvalue weighted by Gasteiger charge is 2.09. The number of hydrogen-bond donors (Lipinski definition) is 0. The number of para-hydroxylation sites is 1. The highest BCUT2D eigenvalue weighted by Crippen LogP contribution is 2.12. The maximum atomic E-state index is 5.65. The number of rotatable bonds is 1. The molecular formula is C15H20N4O. The summed E-state index contributed by atoms with van der Waals surface area (Å²) < 4.78 is 7.57. The van der Waals surface area contributed by atoms with Gasteiger partial charge in [-0.3, -0.25) is 9.56 Å². The molecule has 0 unspecified atom stereocenters. The fraction of sp³-hybridized carbons (Fsp3) is 0.333. The largest absolute Gasteiger partial charge is 0.428 e. The molecule has 1 aromatic carbocycles. The molecule has 106 valence electrons. The minimum Gasteiger partial charge on any atom is -0.428 e. The highest BCUT2D eigenvalue weighted by atomic mass is 16.4. The van der Waals surface area contributed by atoms with Crippen molar-refractivity contribution in [2.75, 3.05) is 19.0 Å². The van der Waals surface area contributed by atoms with Crippen molar-refractivity contribution in [3.63, 3.8) is 0 Å². The summed E-state index contributed by atoms with van der Waals surface area (Å²) in [4.78, 5) is 10.7. The minimum absolute atomic E-state index is 0.545. The molecule has 2 aromatic rings. The van der Waals surface area contributed by atoms with Crippen molar-refractivity contribution in [1.82, 2.24) is 4.57 Å². The predicted octanol–water partition coefficient (Wildman–Crippen LogP) is 2.26. The van der Waals surface area contributed by atoms with Crippen molar-refractivity contribution in [3.05, 3.63) is 47.5 Å². The average Bonchev–Trinajstić information content (AvgIpc) is 2.72. The molecule has 0 atom stereocenters. The second-order valence-electron chi connectivity index (χ2n) is 4.62. The van der Waals surface area contributed by atoms with E-state index in [9.17, 15) is 0 Å². The Balaban J connectivity index is 2.42. The quantitative estimate of drug-likeness (QED) is 0.590. The van der Waals surface area contributed by atoms with Crippen LogP contribution < -0.4 is 10.6 Å². The van der Waals surface area contributed by atoms with Crippen LogP contribution in [0.1, 0.15) is 11.5 Å². The molecule has 0 radical (unpaired) electrons. The highest BCUT2D eigenvalue weighted by molar-refractivity contribution is 5.96. The number of guanidine groups is 1. The average molecular weight is 272 g/mol. The van der Waals surface area contributed by atoms with Gasteiger partial charge in [0.25, 0.3) is 0 Å². The Kier molecular flexibility index (Phi) is 4.08. The number of benzene rings is 1. The van der Waals surface area contributed by atoms with Crippen molar-refractivity contribution >= 4 is 11.6 Å². The fourth-order valence-corrected chi connectivity index (χ4v) is 1.88. The summed E-state index contributed by atoms with van der Waals surface area (Å²) in [6.45, 7) is 3.93. The standard InChI is InChI=1S/C15H20N4O/c1-11-12(2)20-15(18(11)4)17-14(16-3)19(5)13-9-7-6-8-10-13/h6-10H,1-5H3/b16-14?,17-15-. The van der Waals surface area contributed by atoms with Gasteiger partial charge >= 0.3 is 5.68 Å². The van der Waals surface area contributed by atoms with Gasteiger partial charge in [0.2, 0.25) is 5.96 Å². The maximum Gasteiger partial charge on any atom is 0.304 e. The zero-order valence-corrected chi connectivity index (χ0v) is 12.6. The van der Waals surface area contributed by atoms with Gasteiger partial charge in [0, 0.05) is 26.8 Å². The van der Waals surface area contributed by atoms with Crippen molar-refractivity contribution < 1.29 is 4.42 Å². The number of nitrogens with zero attached hydrogens (tertiary/aromatic N) is 4. The number of oxazole rings is 1. The Labute approximate surface area is 118 Å². The van der Waals surface area contributed by atoms with E-state index in [0.717, 1.165) is 17.1 Å². The molecule has 1 aromatic heterocycles. The van der Waals surface area contributed by atoms with Gasteiger partial charge in [-0.05, 0) is 26.0 Å². The van der Waals surface area contributed by atoms with Crippen LogP contribution in [0.15, 0.2) is 44.7 Å². The zero-order valence-electron chi connectivity index (χ0n) is 12.6. The second kappa shape index (κ2) is 5.77. The van der Waals surface area contributed by atoms with Crippen LogP contribution in [0.3, 0.4) is 0 Å². The number of aliphatic imine (C=N–C) groups is 1. The van der Waals surface area contributed by atoms with Crippen LogP contribution >= 0.6 is 0 Å². The van der Waals surface area contributed by atoms with Gasteiger partial charge in [0.15, 0.2) is 0 Å². The third kappa shape index (κ3) is 2.66. The molecule has 0 saturated heterocycles. The van der Waals surface area contributed by atoms with Crippen LogP contribution in [-0.4, -0.2) is 24.6 Å². The molecule has 0 bridgehead atoms. The first-order chi connectivity index (χ1) is 9.54. The third-order valence-corrected chi connectivity index (χ3v) is 3.38. The lowest BCUT2D eigenvalue weighted by Crippen LogP contribution is -2.28. The van der Waals surface area contributed by atoms with Crippen molar-refractivity contribution in [3.8, 4) is 0 Å². The fourth-order valence-electron chi connectivity index (χ4n) is 1.88. The van der Waals surface area contributed by atoms with Crippen LogP contribution in [0.5, 0.6) is 0 Å². The summed E-state index contributed by atoms with van der Waals surface area (Å²) in [6, 6.07) is 9.98. The molecule has 0 saturated carbocycles. The number of hydrogen-bond acceptors (Lipinski definition) is 2. The lowest BCUT2D eigenvalue weighted by Gasteiger charge is -2.17. The Morgan fingerprint density at radius 2 is 1.85 bits per heavy atom. The molecule has 5 nitrogen and oxygen atoms in total. The van der Waals surface area contributed by atoms with E-state index >= 15 is 0 Å². The molecule has 0 fully saturated rings. The second-order valence-corrected chi connectivity index (χ2v) is 4.62. The molecule has 20 heavy (non-hydrogen) atoms. The van der Waals surface area contributed by atoms with Crippen LogP contribution in [0.25, 0.3) is 0 Å². The van der Waals surface area contributed by atoms with Gasteiger partial charge in [-0.25, -0.2) is 0 Å². The van der Waals surface area contributed by atoms with E-state index in [2.05, 4.69) is 9.98 Å². The van der Waals surface area contributed by atoms with Gasteiger partial charge in [-0.2, -0.15) is 4.99 Å². The van der Waals surface area contributed by atoms with Crippen molar-refractivity contribution in [2.45, 2.75) is 13.8 Å². The molecule has 2 rings (SSSR count). The van der Waals surface area contributed by atoms with Gasteiger partial charge in [-0.15, -0.1) is 0 Å². The molecule has 0 aliphatic heterocycles. The topological polar surface area (TPSA) is 46.0 Å². The summed E-state index contributed by atoms with van der Waals surface area (Å²) in [5.41, 5.74) is 2.63. The van der Waals surface area contributed by atoms with E-state index in [0.29, 0.717) is 11.6 Å². The zero-order chi connectivity index (χ0) is 14.7. The van der Waals surface area contributed by atoms with E-state index < -0.39 is 0 Å². The summed E-state index contributed by atoms with van der Waals surface area (Å²) >= 11 is 0. The summed E-state index contributed by atoms with van der Waals surface area (Å²) in [5, 5.41) is 0. The SMILES string of the molecule is CN=C(/N=c1\oc(C)c(C)n1C)N(C)c1ccccc1. The monoisotopic (exact) mass is 272 g/mol. The van der Waals surface area contributed by atoms with Crippen LogP contribution in [0.4, 0.5) is 5.69 Å². The summed E-state index contributed by atoms with van der Waals surface area (Å²) in [7, 11) is 5.59. The Morgan fingerprint density at radius 1 is 1.20 bits per heavy atom. The normalized spacial score (nSPS) is 12.8. The van der Waals surface area contributed by atoms with Gasteiger partial charge in [0.1, 0.15) is 5.76 Å². The maximum absolute atomic E-state index is 5.65. The molecular weight excluding hydrogens is 252 g/mol. The minimum atomic E-state index is 0.545. The van der Waals surface area contributed by atoms with E-state index in [-0.39, 0.29) is 0 Å². The van der Waals surface area contributed by atoms with E-state index in [1.165, 1.54) is 0 Å². The Bertz CT molecular complexity index is 680. The molecule has 0 spiro atoms. The van der Waals surface area contributed by atoms with Crippen LogP contribution in [-0.2, 0) is 7.05 Å². The van der Waals surface area contributed by atoms with E-state index in [1.54, 1.807) is 7.05 Å². The van der Waals surface area contributed by atoms with Gasteiger partial charge in [0.05, 0.1) is 5.69 Å². The smallest absolute Gasteiger partial charge is 0.304 e. The van der Waals surface area contributed by atoms with Crippen molar-refractivity contribution in [1.29, 1.82) is 0 Å². The van der Waals surface area contributed by atoms with Crippen molar-refractivity contribution in [2.24, 2.45) is 17.0 Å². The summed E-state index contributed by atoms with van der Waals surface area (Å²) in [6.07, 6.45) is 0. The summed E-state index contributed by atoms with van der Waals surface area (Å²) in [5.74, 6) is 1.46. The first kappa shape index (κ1) is 14.1. The Hall–Kier alpha value is -2.30.